The van der Waals surface area contributed by atoms with Gasteiger partial charge in [-0.25, -0.2) is 9.78 Å². The molecule has 1 saturated carbocycles. The van der Waals surface area contributed by atoms with Gasteiger partial charge >= 0.3 is 11.9 Å². The summed E-state index contributed by atoms with van der Waals surface area (Å²) >= 11 is 0. The van der Waals surface area contributed by atoms with Crippen molar-refractivity contribution in [3.8, 4) is 16.9 Å². The van der Waals surface area contributed by atoms with Crippen LogP contribution in [0.25, 0.3) is 17.2 Å². The molecule has 0 bridgehead atoms. The number of ether oxygens (including phenoxy) is 3. The van der Waals surface area contributed by atoms with Gasteiger partial charge in [-0.1, -0.05) is 12.7 Å². The predicted octanol–water partition coefficient (Wildman–Crippen LogP) is 3.07. The van der Waals surface area contributed by atoms with Crippen LogP contribution in [0.1, 0.15) is 56.7 Å². The van der Waals surface area contributed by atoms with Gasteiger partial charge in [0.1, 0.15) is 24.7 Å². The van der Waals surface area contributed by atoms with Crippen LogP contribution >= 0.6 is 0 Å². The minimum absolute atomic E-state index is 0.0404. The maximum absolute atomic E-state index is 12.9. The predicted molar refractivity (Wildman–Crippen MR) is 124 cm³/mol. The summed E-state index contributed by atoms with van der Waals surface area (Å²) < 4.78 is 15.4. The zero-order chi connectivity index (χ0) is 24.7. The Morgan fingerprint density at radius 2 is 1.85 bits per heavy atom. The van der Waals surface area contributed by atoms with E-state index in [1.807, 2.05) is 0 Å². The molecule has 1 aliphatic carbocycles. The smallest absolute Gasteiger partial charge is 0.357 e. The molecule has 0 unspecified atom stereocenters. The Morgan fingerprint density at radius 3 is 2.47 bits per heavy atom. The molecule has 1 aromatic carbocycles. The van der Waals surface area contributed by atoms with Gasteiger partial charge < -0.3 is 19.5 Å². The number of carbonyl (C=O) groups excluding carboxylic acids is 4. The van der Waals surface area contributed by atoms with E-state index in [0.717, 1.165) is 12.8 Å². The number of nitrogens with zero attached hydrogens (tertiary/aromatic N) is 1. The van der Waals surface area contributed by atoms with Crippen molar-refractivity contribution in [1.29, 1.82) is 0 Å². The van der Waals surface area contributed by atoms with Crippen LogP contribution in [-0.2, 0) is 14.3 Å². The number of esters is 2. The van der Waals surface area contributed by atoms with Crippen LogP contribution < -0.4 is 10.1 Å². The molecule has 1 aliphatic rings. The van der Waals surface area contributed by atoms with E-state index in [1.54, 1.807) is 18.2 Å². The lowest BCUT2D eigenvalue weighted by atomic mass is 9.95. The highest BCUT2D eigenvalue weighted by molar-refractivity contribution is 6.01. The average Bonchev–Trinajstić information content (AvgIpc) is 3.68. The highest BCUT2D eigenvalue weighted by Crippen LogP contribution is 2.33. The number of benzene rings is 1. The number of carbonyl (C=O) groups is 4. The SMILES string of the molecule is C=Cc1cc(C=O)c(-c2ccc(C(=O)NCC3CC3)nc2C(=O)OCCOC(C)=O)cc1OC. The van der Waals surface area contributed by atoms with Crippen molar-refractivity contribution in [1.82, 2.24) is 10.3 Å². The third-order valence-electron chi connectivity index (χ3n) is 5.23. The number of aldehydes is 1. The van der Waals surface area contributed by atoms with Gasteiger partial charge in [-0.05, 0) is 48.6 Å². The van der Waals surface area contributed by atoms with Crippen LogP contribution in [0.2, 0.25) is 0 Å². The van der Waals surface area contributed by atoms with Crippen LogP contribution in [0.4, 0.5) is 0 Å². The lowest BCUT2D eigenvalue weighted by Crippen LogP contribution is -2.27. The first-order valence-electron chi connectivity index (χ1n) is 10.8. The van der Waals surface area contributed by atoms with E-state index in [0.29, 0.717) is 35.6 Å². The molecule has 9 nitrogen and oxygen atoms in total. The molecule has 2 aromatic rings. The standard InChI is InChI=1S/C25H26N2O7/c1-4-17-11-18(14-28)20(12-22(17)32-3)19-7-8-21(24(30)26-13-16-5-6-16)27-23(19)25(31)34-10-9-33-15(2)29/h4,7-8,11-12,14,16H,1,5-6,9-10,13H2,2-3H3,(H,26,30). The monoisotopic (exact) mass is 466 g/mol. The Balaban J connectivity index is 2.00. The lowest BCUT2D eigenvalue weighted by molar-refractivity contribution is -0.142. The molecule has 178 valence electrons. The summed E-state index contributed by atoms with van der Waals surface area (Å²) in [5, 5.41) is 2.81. The Bertz CT molecular complexity index is 1120. The van der Waals surface area contributed by atoms with Gasteiger partial charge in [-0.15, -0.1) is 0 Å². The van der Waals surface area contributed by atoms with Gasteiger partial charge in [-0.3, -0.25) is 14.4 Å². The first kappa shape index (κ1) is 24.6. The minimum atomic E-state index is -0.831. The second-order valence-electron chi connectivity index (χ2n) is 7.73. The van der Waals surface area contributed by atoms with Crippen molar-refractivity contribution in [3.63, 3.8) is 0 Å². The summed E-state index contributed by atoms with van der Waals surface area (Å²) in [4.78, 5) is 52.5. The fraction of sp³-hybridized carbons (Fsp3) is 0.320. The fourth-order valence-electron chi connectivity index (χ4n) is 3.28. The van der Waals surface area contributed by atoms with E-state index < -0.39 is 17.8 Å². The molecule has 1 heterocycles. The van der Waals surface area contributed by atoms with Crippen LogP contribution in [0.5, 0.6) is 5.75 Å². The van der Waals surface area contributed by atoms with E-state index in [4.69, 9.17) is 14.2 Å². The number of hydrogen-bond donors (Lipinski definition) is 1. The van der Waals surface area contributed by atoms with E-state index in [1.165, 1.54) is 26.2 Å². The van der Waals surface area contributed by atoms with Crippen molar-refractivity contribution in [2.75, 3.05) is 26.9 Å². The molecule has 0 radical (unpaired) electrons. The fourth-order valence-corrected chi connectivity index (χ4v) is 3.28. The van der Waals surface area contributed by atoms with E-state index in [-0.39, 0.29) is 35.7 Å². The zero-order valence-electron chi connectivity index (χ0n) is 19.1. The van der Waals surface area contributed by atoms with E-state index >= 15 is 0 Å². The van der Waals surface area contributed by atoms with Crippen LogP contribution in [0.3, 0.4) is 0 Å². The Kier molecular flexibility index (Phi) is 8.13. The number of pyridine rings is 1. The molecule has 0 atom stereocenters. The third kappa shape index (κ3) is 6.06. The van der Waals surface area contributed by atoms with Crippen LogP contribution in [0, 0.1) is 5.92 Å². The highest BCUT2D eigenvalue weighted by Gasteiger charge is 2.25. The van der Waals surface area contributed by atoms with Crippen molar-refractivity contribution in [3.05, 3.63) is 53.4 Å². The molecule has 1 aromatic heterocycles. The molecular weight excluding hydrogens is 440 g/mol. The summed E-state index contributed by atoms with van der Waals surface area (Å²) in [5.74, 6) is -0.838. The van der Waals surface area contributed by atoms with Gasteiger partial charge in [-0.2, -0.15) is 0 Å². The van der Waals surface area contributed by atoms with Crippen molar-refractivity contribution in [2.45, 2.75) is 19.8 Å². The summed E-state index contributed by atoms with van der Waals surface area (Å²) in [7, 11) is 1.47. The van der Waals surface area contributed by atoms with Crippen molar-refractivity contribution in [2.24, 2.45) is 5.92 Å². The van der Waals surface area contributed by atoms with Gasteiger partial charge in [0.25, 0.3) is 5.91 Å². The molecule has 0 saturated heterocycles. The van der Waals surface area contributed by atoms with Crippen molar-refractivity contribution >= 4 is 30.2 Å². The largest absolute Gasteiger partial charge is 0.496 e. The molecule has 1 fully saturated rings. The molecule has 9 heteroatoms. The van der Waals surface area contributed by atoms with E-state index in [9.17, 15) is 19.2 Å². The zero-order valence-corrected chi connectivity index (χ0v) is 19.1. The minimum Gasteiger partial charge on any atom is -0.496 e. The first-order chi connectivity index (χ1) is 16.4. The van der Waals surface area contributed by atoms with Gasteiger partial charge in [0.2, 0.25) is 0 Å². The Morgan fingerprint density at radius 1 is 1.12 bits per heavy atom. The highest BCUT2D eigenvalue weighted by atomic mass is 16.6. The van der Waals surface area contributed by atoms with Crippen LogP contribution in [-0.4, -0.2) is 56.0 Å². The first-order valence-corrected chi connectivity index (χ1v) is 10.8. The average molecular weight is 466 g/mol. The maximum atomic E-state index is 12.9. The number of rotatable bonds is 11. The quantitative estimate of drug-likeness (QED) is 0.305. The molecular formula is C25H26N2O7. The van der Waals surface area contributed by atoms with Gasteiger partial charge in [0.15, 0.2) is 12.0 Å². The topological polar surface area (TPSA) is 121 Å². The summed E-state index contributed by atoms with van der Waals surface area (Å²) in [6.45, 7) is 5.18. The summed E-state index contributed by atoms with van der Waals surface area (Å²) in [5.41, 5.74) is 1.42. The lowest BCUT2D eigenvalue weighted by Gasteiger charge is -2.15. The second-order valence-corrected chi connectivity index (χ2v) is 7.73. The molecule has 3 rings (SSSR count). The number of hydrogen-bond acceptors (Lipinski definition) is 8. The Hall–Kier alpha value is -4.01. The third-order valence-corrected chi connectivity index (χ3v) is 5.23. The Labute approximate surface area is 197 Å². The normalized spacial score (nSPS) is 12.4. The van der Waals surface area contributed by atoms with Gasteiger partial charge in [0.05, 0.1) is 7.11 Å². The van der Waals surface area contributed by atoms with Crippen LogP contribution in [0.15, 0.2) is 30.8 Å². The van der Waals surface area contributed by atoms with E-state index in [2.05, 4.69) is 16.9 Å². The summed E-state index contributed by atoms with van der Waals surface area (Å²) in [6, 6.07) is 6.20. The molecule has 34 heavy (non-hydrogen) atoms. The second kappa shape index (κ2) is 11.2. The number of methoxy groups -OCH3 is 1. The molecule has 0 spiro atoms. The molecule has 1 N–H and O–H groups in total. The number of amides is 1. The molecule has 0 aliphatic heterocycles. The molecule has 1 amide bonds. The number of aromatic nitrogens is 1. The van der Waals surface area contributed by atoms with Crippen molar-refractivity contribution < 1.29 is 33.4 Å². The maximum Gasteiger partial charge on any atom is 0.357 e. The van der Waals surface area contributed by atoms with Gasteiger partial charge in [0, 0.05) is 30.2 Å². The summed E-state index contributed by atoms with van der Waals surface area (Å²) in [6.07, 6.45) is 4.34. The number of nitrogens with one attached hydrogen (secondary N) is 1.